The lowest BCUT2D eigenvalue weighted by molar-refractivity contribution is 0.0340. The van der Waals surface area contributed by atoms with Crippen LogP contribution in [0.5, 0.6) is 0 Å². The van der Waals surface area contributed by atoms with Gasteiger partial charge in [-0.25, -0.2) is 0 Å². The molecule has 2 aliphatic carbocycles. The van der Waals surface area contributed by atoms with Gasteiger partial charge in [-0.3, -0.25) is 0 Å². The summed E-state index contributed by atoms with van der Waals surface area (Å²) < 4.78 is 0. The van der Waals surface area contributed by atoms with Crippen molar-refractivity contribution in [2.24, 2.45) is 23.7 Å². The van der Waals surface area contributed by atoms with E-state index in [2.05, 4.69) is 32.1 Å². The molecule has 0 aromatic carbocycles. The van der Waals surface area contributed by atoms with Crippen LogP contribution in [0.3, 0.4) is 0 Å². The molecule has 4 nitrogen and oxygen atoms in total. The van der Waals surface area contributed by atoms with E-state index in [-0.39, 0.29) is 18.6 Å². The standard InChI is InChI=1S/C19H32O4/c1-12-9-14-4-3-13(2)17(19(14)18(23)10-12)6-5-15(21)11-16(22)7-8-20/h3-4,9,12-13,15-23H,5-8,10-11H2,1-2H3/t12-,13-,15+,16-,17-,18-,19-/m0/s1. The highest BCUT2D eigenvalue weighted by Crippen LogP contribution is 2.43. The predicted molar refractivity (Wildman–Crippen MR) is 90.7 cm³/mol. The summed E-state index contributed by atoms with van der Waals surface area (Å²) in [7, 11) is 0. The van der Waals surface area contributed by atoms with E-state index in [1.807, 2.05) is 0 Å². The average Bonchev–Trinajstić information content (AvgIpc) is 2.46. The first-order chi connectivity index (χ1) is 10.9. The fraction of sp³-hybridized carbons (Fsp3) is 0.789. The summed E-state index contributed by atoms with van der Waals surface area (Å²) in [6, 6.07) is 0. The van der Waals surface area contributed by atoms with Gasteiger partial charge in [0.1, 0.15) is 0 Å². The molecule has 23 heavy (non-hydrogen) atoms. The molecule has 0 saturated heterocycles. The predicted octanol–water partition coefficient (Wildman–Crippen LogP) is 2.03. The van der Waals surface area contributed by atoms with Crippen LogP contribution in [-0.4, -0.2) is 45.3 Å². The number of aliphatic hydroxyl groups excluding tert-OH is 4. The first kappa shape index (κ1) is 18.7. The lowest BCUT2D eigenvalue weighted by atomic mass is 9.65. The van der Waals surface area contributed by atoms with Gasteiger partial charge in [0.15, 0.2) is 0 Å². The number of aliphatic hydroxyl groups is 4. The Hall–Kier alpha value is -0.680. The summed E-state index contributed by atoms with van der Waals surface area (Å²) in [5.74, 6) is 1.29. The van der Waals surface area contributed by atoms with E-state index in [0.717, 1.165) is 12.8 Å². The van der Waals surface area contributed by atoms with Gasteiger partial charge in [0.2, 0.25) is 0 Å². The van der Waals surface area contributed by atoms with Crippen LogP contribution < -0.4 is 0 Å². The van der Waals surface area contributed by atoms with Crippen molar-refractivity contribution in [1.82, 2.24) is 0 Å². The minimum Gasteiger partial charge on any atom is -0.396 e. The van der Waals surface area contributed by atoms with Crippen LogP contribution in [0, 0.1) is 23.7 Å². The normalized spacial score (nSPS) is 36.3. The van der Waals surface area contributed by atoms with Crippen LogP contribution in [-0.2, 0) is 0 Å². The molecule has 0 fully saturated rings. The summed E-state index contributed by atoms with van der Waals surface area (Å²) in [6.07, 6.45) is 8.03. The third-order valence-corrected chi connectivity index (χ3v) is 5.46. The second-order valence-corrected chi connectivity index (χ2v) is 7.49. The Kier molecular flexibility index (Phi) is 6.84. The zero-order valence-corrected chi connectivity index (χ0v) is 14.3. The highest BCUT2D eigenvalue weighted by Gasteiger charge is 2.38. The number of fused-ring (bicyclic) bond motifs is 1. The van der Waals surface area contributed by atoms with Gasteiger partial charge in [-0.15, -0.1) is 0 Å². The summed E-state index contributed by atoms with van der Waals surface area (Å²) in [4.78, 5) is 0. The van der Waals surface area contributed by atoms with Crippen molar-refractivity contribution in [2.45, 2.75) is 64.3 Å². The molecule has 0 aromatic heterocycles. The Balaban J connectivity index is 1.95. The largest absolute Gasteiger partial charge is 0.396 e. The van der Waals surface area contributed by atoms with E-state index in [9.17, 15) is 15.3 Å². The molecule has 2 rings (SSSR count). The van der Waals surface area contributed by atoms with E-state index in [1.165, 1.54) is 5.57 Å². The minimum absolute atomic E-state index is 0.0566. The average molecular weight is 324 g/mol. The van der Waals surface area contributed by atoms with Gasteiger partial charge in [-0.2, -0.15) is 0 Å². The van der Waals surface area contributed by atoms with Crippen molar-refractivity contribution in [3.05, 3.63) is 23.8 Å². The maximum absolute atomic E-state index is 10.5. The molecule has 0 saturated carbocycles. The number of rotatable bonds is 7. The van der Waals surface area contributed by atoms with Gasteiger partial charge in [0.25, 0.3) is 0 Å². The summed E-state index contributed by atoms with van der Waals surface area (Å²) in [5.41, 5.74) is 1.24. The van der Waals surface area contributed by atoms with Gasteiger partial charge >= 0.3 is 0 Å². The number of allylic oxidation sites excluding steroid dienone is 3. The van der Waals surface area contributed by atoms with Crippen LogP contribution in [0.25, 0.3) is 0 Å². The molecule has 0 heterocycles. The summed E-state index contributed by atoms with van der Waals surface area (Å²) in [5, 5.41) is 39.2. The summed E-state index contributed by atoms with van der Waals surface area (Å²) >= 11 is 0. The molecule has 0 aromatic rings. The van der Waals surface area contributed by atoms with Crippen LogP contribution in [0.1, 0.15) is 46.0 Å². The first-order valence-electron chi connectivity index (χ1n) is 8.97. The molecule has 7 atom stereocenters. The van der Waals surface area contributed by atoms with Crippen molar-refractivity contribution in [1.29, 1.82) is 0 Å². The molecule has 132 valence electrons. The van der Waals surface area contributed by atoms with Crippen molar-refractivity contribution in [3.8, 4) is 0 Å². The fourth-order valence-corrected chi connectivity index (χ4v) is 4.22. The molecule has 0 spiro atoms. The van der Waals surface area contributed by atoms with E-state index < -0.39 is 12.2 Å². The lowest BCUT2D eigenvalue weighted by Gasteiger charge is -2.41. The van der Waals surface area contributed by atoms with E-state index in [1.54, 1.807) is 0 Å². The molecule has 0 bridgehead atoms. The minimum atomic E-state index is -0.643. The zero-order chi connectivity index (χ0) is 17.0. The molecule has 4 heteroatoms. The molecule has 0 amide bonds. The quantitative estimate of drug-likeness (QED) is 0.578. The van der Waals surface area contributed by atoms with E-state index >= 15 is 0 Å². The summed E-state index contributed by atoms with van der Waals surface area (Å²) in [6.45, 7) is 4.26. The second kappa shape index (κ2) is 8.43. The molecule has 4 N–H and O–H groups in total. The van der Waals surface area contributed by atoms with Crippen LogP contribution in [0.2, 0.25) is 0 Å². The Labute approximate surface area is 139 Å². The lowest BCUT2D eigenvalue weighted by Crippen LogP contribution is -2.38. The van der Waals surface area contributed by atoms with Gasteiger partial charge in [-0.05, 0) is 55.4 Å². The van der Waals surface area contributed by atoms with Crippen molar-refractivity contribution < 1.29 is 20.4 Å². The fourth-order valence-electron chi connectivity index (χ4n) is 4.22. The third kappa shape index (κ3) is 4.90. The van der Waals surface area contributed by atoms with E-state index in [4.69, 9.17) is 5.11 Å². The Morgan fingerprint density at radius 2 is 1.87 bits per heavy atom. The SMILES string of the molecule is C[C@H]1C=C2C=C[C@H](C)[C@H](CC[C@@H](O)C[C@@H](O)CCO)[C@H]2[C@@H](O)C1. The molecule has 0 radical (unpaired) electrons. The molecular formula is C19H32O4. The van der Waals surface area contributed by atoms with Crippen molar-refractivity contribution >= 4 is 0 Å². The van der Waals surface area contributed by atoms with Crippen LogP contribution in [0.4, 0.5) is 0 Å². The Morgan fingerprint density at radius 1 is 1.17 bits per heavy atom. The maximum atomic E-state index is 10.5. The topological polar surface area (TPSA) is 80.9 Å². The van der Waals surface area contributed by atoms with Gasteiger partial charge in [0, 0.05) is 12.5 Å². The molecule has 2 aliphatic rings. The van der Waals surface area contributed by atoms with Crippen molar-refractivity contribution in [3.63, 3.8) is 0 Å². The van der Waals surface area contributed by atoms with Gasteiger partial charge in [0.05, 0.1) is 18.3 Å². The van der Waals surface area contributed by atoms with Gasteiger partial charge < -0.3 is 20.4 Å². The Bertz CT molecular complexity index is 431. The van der Waals surface area contributed by atoms with Gasteiger partial charge in [-0.1, -0.05) is 32.1 Å². The monoisotopic (exact) mass is 324 g/mol. The van der Waals surface area contributed by atoms with E-state index in [0.29, 0.717) is 37.0 Å². The zero-order valence-electron chi connectivity index (χ0n) is 14.3. The highest BCUT2D eigenvalue weighted by molar-refractivity contribution is 5.31. The molecular weight excluding hydrogens is 292 g/mol. The van der Waals surface area contributed by atoms with Crippen LogP contribution >= 0.6 is 0 Å². The second-order valence-electron chi connectivity index (χ2n) is 7.49. The van der Waals surface area contributed by atoms with Crippen molar-refractivity contribution in [2.75, 3.05) is 6.61 Å². The third-order valence-electron chi connectivity index (χ3n) is 5.46. The highest BCUT2D eigenvalue weighted by atomic mass is 16.3. The molecule has 0 aliphatic heterocycles. The number of hydrogen-bond acceptors (Lipinski definition) is 4. The number of hydrogen-bond donors (Lipinski definition) is 4. The smallest absolute Gasteiger partial charge is 0.0617 e. The first-order valence-corrected chi connectivity index (χ1v) is 8.97. The maximum Gasteiger partial charge on any atom is 0.0617 e. The Morgan fingerprint density at radius 3 is 2.57 bits per heavy atom. The van der Waals surface area contributed by atoms with Crippen LogP contribution in [0.15, 0.2) is 23.8 Å². The molecule has 0 unspecified atom stereocenters.